The Labute approximate surface area is 91.5 Å². The third kappa shape index (κ3) is 3.33. The lowest BCUT2D eigenvalue weighted by Gasteiger charge is -2.36. The summed E-state index contributed by atoms with van der Waals surface area (Å²) in [6.45, 7) is 0. The Balaban J connectivity index is 2.58. The summed E-state index contributed by atoms with van der Waals surface area (Å²) < 4.78 is 63.2. The molecule has 16 heavy (non-hydrogen) atoms. The minimum Gasteiger partial charge on any atom is -0.380 e. The average molecular weight is 262 g/mol. The molecule has 0 aromatic carbocycles. The van der Waals surface area contributed by atoms with Gasteiger partial charge in [0, 0.05) is 0 Å². The number of halogens is 3. The third-order valence-corrected chi connectivity index (χ3v) is 3.22. The molecule has 0 unspecified atom stereocenters. The van der Waals surface area contributed by atoms with Crippen LogP contribution in [0.15, 0.2) is 0 Å². The number of hydrogen-bond donors (Lipinski definition) is 1. The van der Waals surface area contributed by atoms with E-state index >= 15 is 0 Å². The van der Waals surface area contributed by atoms with Crippen LogP contribution in [0, 0.1) is 0 Å². The summed E-state index contributed by atoms with van der Waals surface area (Å²) in [5.41, 5.74) is -2.70. The molecule has 0 spiro atoms. The molecule has 0 bridgehead atoms. The number of alkyl halides is 3. The van der Waals surface area contributed by atoms with Gasteiger partial charge in [-0.05, 0) is 25.7 Å². The van der Waals surface area contributed by atoms with Crippen molar-refractivity contribution in [1.29, 1.82) is 0 Å². The average Bonchev–Trinajstić information content (AvgIpc) is 2.05. The second-order valence-corrected chi connectivity index (χ2v) is 5.63. The standard InChI is InChI=1S/C8H13F3O4S/c1-16(13,14)15-6-2-4-7(12,5-3-6)8(9,10)11/h6,12H,2-5H2,1H3. The van der Waals surface area contributed by atoms with E-state index in [4.69, 9.17) is 0 Å². The van der Waals surface area contributed by atoms with Crippen molar-refractivity contribution < 1.29 is 30.9 Å². The van der Waals surface area contributed by atoms with Crippen molar-refractivity contribution in [3.63, 3.8) is 0 Å². The van der Waals surface area contributed by atoms with E-state index in [0.717, 1.165) is 6.26 Å². The van der Waals surface area contributed by atoms with Crippen LogP contribution in [0.2, 0.25) is 0 Å². The fourth-order valence-electron chi connectivity index (χ4n) is 1.70. The van der Waals surface area contributed by atoms with Crippen LogP contribution in [0.5, 0.6) is 0 Å². The second kappa shape index (κ2) is 4.15. The van der Waals surface area contributed by atoms with Crippen LogP contribution >= 0.6 is 0 Å². The fraction of sp³-hybridized carbons (Fsp3) is 1.00. The number of aliphatic hydroxyl groups is 1. The van der Waals surface area contributed by atoms with Crippen molar-refractivity contribution in [3.05, 3.63) is 0 Å². The highest BCUT2D eigenvalue weighted by Gasteiger charge is 2.54. The fourth-order valence-corrected chi connectivity index (χ4v) is 2.38. The highest BCUT2D eigenvalue weighted by molar-refractivity contribution is 7.86. The number of rotatable bonds is 2. The van der Waals surface area contributed by atoms with Crippen molar-refractivity contribution in [1.82, 2.24) is 0 Å². The summed E-state index contributed by atoms with van der Waals surface area (Å²) in [5, 5.41) is 9.29. The predicted octanol–water partition coefficient (Wildman–Crippen LogP) is 1.20. The predicted molar refractivity (Wildman–Crippen MR) is 49.2 cm³/mol. The van der Waals surface area contributed by atoms with Crippen LogP contribution in [-0.4, -0.2) is 37.7 Å². The molecule has 0 aromatic rings. The van der Waals surface area contributed by atoms with Gasteiger partial charge in [0.05, 0.1) is 12.4 Å². The molecule has 0 amide bonds. The van der Waals surface area contributed by atoms with Gasteiger partial charge in [0.15, 0.2) is 5.60 Å². The van der Waals surface area contributed by atoms with Gasteiger partial charge in [-0.2, -0.15) is 21.6 Å². The molecule has 0 saturated heterocycles. The second-order valence-electron chi connectivity index (χ2n) is 4.03. The van der Waals surface area contributed by atoms with E-state index < -0.39 is 40.8 Å². The SMILES string of the molecule is CS(=O)(=O)OC1CCC(O)(C(F)(F)F)CC1. The first-order chi connectivity index (χ1) is 7.04. The van der Waals surface area contributed by atoms with Gasteiger partial charge in [0.2, 0.25) is 0 Å². The third-order valence-electron chi connectivity index (χ3n) is 2.60. The quantitative estimate of drug-likeness (QED) is 0.759. The van der Waals surface area contributed by atoms with Gasteiger partial charge in [-0.1, -0.05) is 0 Å². The van der Waals surface area contributed by atoms with E-state index in [1.165, 1.54) is 0 Å². The first-order valence-corrected chi connectivity index (χ1v) is 6.52. The van der Waals surface area contributed by atoms with Gasteiger partial charge >= 0.3 is 6.18 Å². The monoisotopic (exact) mass is 262 g/mol. The topological polar surface area (TPSA) is 63.6 Å². The molecule has 0 heterocycles. The lowest BCUT2D eigenvalue weighted by molar-refractivity contribution is -0.272. The van der Waals surface area contributed by atoms with E-state index in [0.29, 0.717) is 0 Å². The first-order valence-electron chi connectivity index (χ1n) is 4.71. The Morgan fingerprint density at radius 3 is 2.06 bits per heavy atom. The van der Waals surface area contributed by atoms with Gasteiger partial charge in [-0.3, -0.25) is 4.18 Å². The largest absolute Gasteiger partial charge is 0.417 e. The number of hydrogen-bond acceptors (Lipinski definition) is 4. The van der Waals surface area contributed by atoms with Crippen LogP contribution in [0.4, 0.5) is 13.2 Å². The summed E-state index contributed by atoms with van der Waals surface area (Å²) in [4.78, 5) is 0. The summed E-state index contributed by atoms with van der Waals surface area (Å²) in [6.07, 6.45) is -5.90. The molecular weight excluding hydrogens is 249 g/mol. The van der Waals surface area contributed by atoms with Crippen LogP contribution in [0.3, 0.4) is 0 Å². The Morgan fingerprint density at radius 1 is 1.31 bits per heavy atom. The van der Waals surface area contributed by atoms with Gasteiger partial charge in [-0.25, -0.2) is 0 Å². The Morgan fingerprint density at radius 2 is 1.75 bits per heavy atom. The lowest BCUT2D eigenvalue weighted by Crippen LogP contribution is -2.49. The molecule has 4 nitrogen and oxygen atoms in total. The molecule has 1 N–H and O–H groups in total. The Kier molecular flexibility index (Phi) is 3.56. The van der Waals surface area contributed by atoms with Crippen molar-refractivity contribution in [2.45, 2.75) is 43.6 Å². The summed E-state index contributed by atoms with van der Waals surface area (Å²) in [7, 11) is -3.66. The maximum absolute atomic E-state index is 12.4. The zero-order valence-corrected chi connectivity index (χ0v) is 9.44. The molecular formula is C8H13F3O4S. The molecule has 8 heteroatoms. The van der Waals surface area contributed by atoms with Crippen molar-refractivity contribution in [2.24, 2.45) is 0 Å². The highest BCUT2D eigenvalue weighted by Crippen LogP contribution is 2.42. The molecule has 0 aliphatic heterocycles. The summed E-state index contributed by atoms with van der Waals surface area (Å²) >= 11 is 0. The molecule has 96 valence electrons. The smallest absolute Gasteiger partial charge is 0.380 e. The highest BCUT2D eigenvalue weighted by atomic mass is 32.2. The van der Waals surface area contributed by atoms with E-state index in [2.05, 4.69) is 4.18 Å². The zero-order chi connectivity index (χ0) is 12.6. The molecule has 1 rings (SSSR count). The van der Waals surface area contributed by atoms with Crippen molar-refractivity contribution in [3.8, 4) is 0 Å². The van der Waals surface area contributed by atoms with Crippen LogP contribution in [0.25, 0.3) is 0 Å². The van der Waals surface area contributed by atoms with E-state index in [1.54, 1.807) is 0 Å². The molecule has 1 saturated carbocycles. The van der Waals surface area contributed by atoms with E-state index in [9.17, 15) is 26.7 Å². The molecule has 1 aliphatic carbocycles. The minimum absolute atomic E-state index is 0.122. The van der Waals surface area contributed by atoms with Gasteiger partial charge < -0.3 is 5.11 Å². The lowest BCUT2D eigenvalue weighted by atomic mass is 9.83. The first kappa shape index (κ1) is 13.7. The maximum atomic E-state index is 12.4. The van der Waals surface area contributed by atoms with Gasteiger partial charge in [-0.15, -0.1) is 0 Å². The van der Waals surface area contributed by atoms with Crippen molar-refractivity contribution in [2.75, 3.05) is 6.26 Å². The maximum Gasteiger partial charge on any atom is 0.417 e. The van der Waals surface area contributed by atoms with Crippen LogP contribution in [0.1, 0.15) is 25.7 Å². The van der Waals surface area contributed by atoms with Crippen molar-refractivity contribution >= 4 is 10.1 Å². The Bertz CT molecular complexity index is 341. The van der Waals surface area contributed by atoms with E-state index in [-0.39, 0.29) is 12.8 Å². The van der Waals surface area contributed by atoms with Crippen LogP contribution in [-0.2, 0) is 14.3 Å². The van der Waals surface area contributed by atoms with Gasteiger partial charge in [0.25, 0.3) is 10.1 Å². The summed E-state index contributed by atoms with van der Waals surface area (Å²) in [6, 6.07) is 0. The minimum atomic E-state index is -4.68. The van der Waals surface area contributed by atoms with Crippen LogP contribution < -0.4 is 0 Å². The molecule has 0 radical (unpaired) electrons. The summed E-state index contributed by atoms with van der Waals surface area (Å²) in [5.74, 6) is 0. The molecule has 0 aromatic heterocycles. The molecule has 0 atom stereocenters. The zero-order valence-electron chi connectivity index (χ0n) is 8.62. The molecule has 1 fully saturated rings. The molecule has 1 aliphatic rings. The van der Waals surface area contributed by atoms with E-state index in [1.807, 2.05) is 0 Å². The van der Waals surface area contributed by atoms with Gasteiger partial charge in [0.1, 0.15) is 0 Å². The Hall–Kier alpha value is -0.340. The normalized spacial score (nSPS) is 32.7.